The Labute approximate surface area is 108 Å². The van der Waals surface area contributed by atoms with Crippen LogP contribution in [0.1, 0.15) is 17.3 Å². The molecule has 10 heteroatoms. The second-order valence-electron chi connectivity index (χ2n) is 3.41. The number of esters is 1. The Kier molecular flexibility index (Phi) is 3.51. The molecule has 0 radical (unpaired) electrons. The van der Waals surface area contributed by atoms with Crippen LogP contribution in [0, 0.1) is 0 Å². The van der Waals surface area contributed by atoms with Crippen LogP contribution < -0.4 is 4.72 Å². The second-order valence-corrected chi connectivity index (χ2v) is 5.03. The lowest BCUT2D eigenvalue weighted by Crippen LogP contribution is -2.17. The van der Waals surface area contributed by atoms with Crippen LogP contribution in [-0.4, -0.2) is 41.4 Å². The van der Waals surface area contributed by atoms with Crippen LogP contribution in [0.15, 0.2) is 23.5 Å². The van der Waals surface area contributed by atoms with E-state index < -0.39 is 16.0 Å². The van der Waals surface area contributed by atoms with Gasteiger partial charge in [-0.25, -0.2) is 4.79 Å². The monoisotopic (exact) mass is 285 g/mol. The quantitative estimate of drug-likeness (QED) is 0.668. The van der Waals surface area contributed by atoms with Gasteiger partial charge in [0, 0.05) is 6.07 Å². The summed E-state index contributed by atoms with van der Waals surface area (Å²) in [7, 11) is -3.97. The number of anilines is 1. The van der Waals surface area contributed by atoms with Crippen molar-refractivity contribution < 1.29 is 17.9 Å². The average Bonchev–Trinajstić information content (AvgIpc) is 2.98. The molecule has 2 aromatic rings. The van der Waals surface area contributed by atoms with Gasteiger partial charge in [-0.1, -0.05) is 0 Å². The van der Waals surface area contributed by atoms with E-state index in [0.29, 0.717) is 0 Å². The molecule has 0 aromatic carbocycles. The van der Waals surface area contributed by atoms with Gasteiger partial charge in [-0.05, 0) is 6.92 Å². The molecule has 2 heterocycles. The van der Waals surface area contributed by atoms with E-state index in [-0.39, 0.29) is 23.0 Å². The summed E-state index contributed by atoms with van der Waals surface area (Å²) in [5.41, 5.74) is -0.158. The fraction of sp³-hybridized carbons (Fsp3) is 0.222. The van der Waals surface area contributed by atoms with Crippen LogP contribution >= 0.6 is 0 Å². The average molecular weight is 285 g/mol. The maximum atomic E-state index is 12.1. The molecule has 3 N–H and O–H groups in total. The summed E-state index contributed by atoms with van der Waals surface area (Å²) in [6.45, 7) is 1.76. The second kappa shape index (κ2) is 5.10. The maximum Gasteiger partial charge on any atom is 0.342 e. The normalized spacial score (nSPS) is 11.2. The molecule has 0 unspecified atom stereocenters. The molecule has 9 nitrogen and oxygen atoms in total. The van der Waals surface area contributed by atoms with Crippen molar-refractivity contribution in [3.63, 3.8) is 0 Å². The molecule has 19 heavy (non-hydrogen) atoms. The van der Waals surface area contributed by atoms with E-state index >= 15 is 0 Å². The molecule has 0 fully saturated rings. The minimum atomic E-state index is -3.97. The fourth-order valence-electron chi connectivity index (χ4n) is 1.34. The van der Waals surface area contributed by atoms with Crippen LogP contribution in [-0.2, 0) is 14.8 Å². The van der Waals surface area contributed by atoms with Gasteiger partial charge in [0.05, 0.1) is 19.0 Å². The van der Waals surface area contributed by atoms with Gasteiger partial charge in [-0.3, -0.25) is 14.9 Å². The maximum absolute atomic E-state index is 12.1. The van der Waals surface area contributed by atoms with Crippen LogP contribution in [0.2, 0.25) is 0 Å². The van der Waals surface area contributed by atoms with E-state index in [0.717, 1.165) is 6.20 Å². The number of nitrogens with zero attached hydrogens (tertiary/aromatic N) is 2. The Hall–Kier alpha value is -2.36. The number of hydrogen-bond acceptors (Lipinski definition) is 6. The van der Waals surface area contributed by atoms with E-state index in [1.165, 1.54) is 12.3 Å². The lowest BCUT2D eigenvalue weighted by atomic mass is 10.4. The summed E-state index contributed by atoms with van der Waals surface area (Å²) < 4.78 is 31.1. The molecule has 2 rings (SSSR count). The van der Waals surface area contributed by atoms with Crippen molar-refractivity contribution in [1.82, 2.24) is 20.4 Å². The van der Waals surface area contributed by atoms with Gasteiger partial charge in [0.2, 0.25) is 0 Å². The zero-order chi connectivity index (χ0) is 13.9. The molecule has 0 aliphatic rings. The molecule has 0 spiro atoms. The van der Waals surface area contributed by atoms with Crippen molar-refractivity contribution in [3.8, 4) is 0 Å². The molecule has 0 bridgehead atoms. The number of ether oxygens (including phenoxy) is 1. The smallest absolute Gasteiger partial charge is 0.342 e. The predicted octanol–water partition coefficient (Wildman–Crippen LogP) is 0.110. The van der Waals surface area contributed by atoms with Crippen LogP contribution in [0.5, 0.6) is 0 Å². The van der Waals surface area contributed by atoms with Gasteiger partial charge in [0.15, 0.2) is 5.03 Å². The number of aromatic amines is 2. The van der Waals surface area contributed by atoms with E-state index in [9.17, 15) is 13.2 Å². The van der Waals surface area contributed by atoms with Crippen LogP contribution in [0.4, 0.5) is 5.82 Å². The van der Waals surface area contributed by atoms with E-state index in [2.05, 4.69) is 25.1 Å². The summed E-state index contributed by atoms with van der Waals surface area (Å²) in [5, 5.41) is 11.5. The first-order chi connectivity index (χ1) is 9.04. The largest absolute Gasteiger partial charge is 0.462 e. The first kappa shape index (κ1) is 13.1. The van der Waals surface area contributed by atoms with Crippen molar-refractivity contribution in [1.29, 1.82) is 0 Å². The highest BCUT2D eigenvalue weighted by Gasteiger charge is 2.26. The highest BCUT2D eigenvalue weighted by Crippen LogP contribution is 2.16. The summed E-state index contributed by atoms with van der Waals surface area (Å²) in [4.78, 5) is 11.6. The number of rotatable bonds is 5. The SMILES string of the molecule is CCOC(=O)c1cn[nH]c1S(=O)(=O)Nc1ccn[nH]1. The minimum absolute atomic E-state index is 0.136. The summed E-state index contributed by atoms with van der Waals surface area (Å²) in [6, 6.07) is 1.43. The van der Waals surface area contributed by atoms with Gasteiger partial charge in [0.25, 0.3) is 10.0 Å². The van der Waals surface area contributed by atoms with Gasteiger partial charge in [-0.2, -0.15) is 18.6 Å². The van der Waals surface area contributed by atoms with Crippen molar-refractivity contribution in [2.24, 2.45) is 0 Å². The van der Waals surface area contributed by atoms with Gasteiger partial charge < -0.3 is 4.74 Å². The van der Waals surface area contributed by atoms with Crippen LogP contribution in [0.25, 0.3) is 0 Å². The number of aromatic nitrogens is 4. The van der Waals surface area contributed by atoms with Crippen molar-refractivity contribution in [3.05, 3.63) is 24.0 Å². The van der Waals surface area contributed by atoms with E-state index in [1.807, 2.05) is 0 Å². The van der Waals surface area contributed by atoms with Crippen molar-refractivity contribution >= 4 is 21.8 Å². The fourth-order valence-corrected chi connectivity index (χ4v) is 2.45. The molecule has 0 amide bonds. The van der Waals surface area contributed by atoms with Gasteiger partial charge >= 0.3 is 5.97 Å². The summed E-state index contributed by atoms with van der Waals surface area (Å²) in [5.74, 6) is -0.592. The minimum Gasteiger partial charge on any atom is -0.462 e. The Balaban J connectivity index is 2.31. The molecule has 102 valence electrons. The van der Waals surface area contributed by atoms with E-state index in [4.69, 9.17) is 4.74 Å². The van der Waals surface area contributed by atoms with E-state index in [1.54, 1.807) is 6.92 Å². The molecule has 0 saturated carbocycles. The summed E-state index contributed by atoms with van der Waals surface area (Å²) >= 11 is 0. The van der Waals surface area contributed by atoms with Crippen molar-refractivity contribution in [2.75, 3.05) is 11.3 Å². The lowest BCUT2D eigenvalue weighted by molar-refractivity contribution is 0.0522. The third-order valence-corrected chi connectivity index (χ3v) is 3.45. The summed E-state index contributed by atoms with van der Waals surface area (Å²) in [6.07, 6.45) is 2.48. The Morgan fingerprint density at radius 1 is 1.42 bits per heavy atom. The highest BCUT2D eigenvalue weighted by molar-refractivity contribution is 7.92. The number of carbonyl (C=O) groups is 1. The first-order valence-electron chi connectivity index (χ1n) is 5.27. The highest BCUT2D eigenvalue weighted by atomic mass is 32.2. The lowest BCUT2D eigenvalue weighted by Gasteiger charge is -2.05. The Bertz CT molecular complexity index is 661. The van der Waals surface area contributed by atoms with Gasteiger partial charge in [-0.15, -0.1) is 0 Å². The van der Waals surface area contributed by atoms with Crippen LogP contribution in [0.3, 0.4) is 0 Å². The Morgan fingerprint density at radius 3 is 2.84 bits per heavy atom. The third kappa shape index (κ3) is 2.73. The Morgan fingerprint density at radius 2 is 2.21 bits per heavy atom. The number of sulfonamides is 1. The zero-order valence-corrected chi connectivity index (χ0v) is 10.7. The number of nitrogens with one attached hydrogen (secondary N) is 3. The molecular weight excluding hydrogens is 274 g/mol. The topological polar surface area (TPSA) is 130 Å². The molecule has 2 aromatic heterocycles. The first-order valence-corrected chi connectivity index (χ1v) is 6.75. The molecule has 0 saturated heterocycles. The number of carbonyl (C=O) groups excluding carboxylic acids is 1. The third-order valence-electron chi connectivity index (χ3n) is 2.11. The molecule has 0 aliphatic carbocycles. The van der Waals surface area contributed by atoms with Crippen molar-refractivity contribution in [2.45, 2.75) is 11.9 Å². The number of hydrogen-bond donors (Lipinski definition) is 3. The standard InChI is InChI=1S/C9H11N5O4S/c1-2-18-9(15)6-5-11-13-8(6)19(16,17)14-7-3-4-10-12-7/h3-5H,2H2,1H3,(H,11,13)(H2,10,12,14). The van der Waals surface area contributed by atoms with Gasteiger partial charge in [0.1, 0.15) is 11.4 Å². The molecule has 0 atom stereocenters. The molecule has 0 aliphatic heterocycles. The zero-order valence-electron chi connectivity index (χ0n) is 9.87. The predicted molar refractivity (Wildman–Crippen MR) is 63.9 cm³/mol. The number of H-pyrrole nitrogens is 2. The molecular formula is C9H11N5O4S.